The first-order valence-electron chi connectivity index (χ1n) is 10.6. The molecule has 7 heteroatoms. The molecule has 166 valence electrons. The smallest absolute Gasteiger partial charge is 0.255 e. The van der Waals surface area contributed by atoms with Crippen LogP contribution >= 0.6 is 0 Å². The molecule has 2 aromatic carbocycles. The monoisotopic (exact) mass is 428 g/mol. The summed E-state index contributed by atoms with van der Waals surface area (Å²) in [7, 11) is 1.54. The third-order valence-electron chi connectivity index (χ3n) is 5.60. The van der Waals surface area contributed by atoms with Crippen LogP contribution in [-0.2, 0) is 4.79 Å². The van der Waals surface area contributed by atoms with Gasteiger partial charge in [0, 0.05) is 32.9 Å². The summed E-state index contributed by atoms with van der Waals surface area (Å²) < 4.78 is 24.7. The normalized spacial score (nSPS) is 15.3. The fourth-order valence-corrected chi connectivity index (χ4v) is 3.74. The number of amides is 2. The number of halogens is 1. The first kappa shape index (κ1) is 22.6. The minimum Gasteiger partial charge on any atom is -0.497 e. The number of benzene rings is 2. The van der Waals surface area contributed by atoms with Crippen molar-refractivity contribution in [2.24, 2.45) is 0 Å². The van der Waals surface area contributed by atoms with Crippen molar-refractivity contribution < 1.29 is 23.5 Å². The molecule has 1 saturated heterocycles. The molecule has 1 atom stereocenters. The number of likely N-dealkylation sites (tertiary alicyclic amines) is 1. The summed E-state index contributed by atoms with van der Waals surface area (Å²) in [6.45, 7) is 4.80. The van der Waals surface area contributed by atoms with Crippen LogP contribution in [0.1, 0.15) is 55.1 Å². The van der Waals surface area contributed by atoms with Gasteiger partial charge in [0.1, 0.15) is 23.4 Å². The van der Waals surface area contributed by atoms with E-state index in [1.54, 1.807) is 49.3 Å². The van der Waals surface area contributed by atoms with Gasteiger partial charge in [-0.1, -0.05) is 19.1 Å². The maximum atomic E-state index is 13.3. The van der Waals surface area contributed by atoms with Crippen LogP contribution in [0.25, 0.3) is 0 Å². The maximum absolute atomic E-state index is 13.3. The maximum Gasteiger partial charge on any atom is 0.255 e. The van der Waals surface area contributed by atoms with Crippen LogP contribution in [-0.4, -0.2) is 43.0 Å². The lowest BCUT2D eigenvalue weighted by Crippen LogP contribution is -2.40. The molecule has 0 aromatic heterocycles. The van der Waals surface area contributed by atoms with Crippen molar-refractivity contribution in [3.05, 3.63) is 59.4 Å². The van der Waals surface area contributed by atoms with Crippen molar-refractivity contribution in [2.45, 2.75) is 45.3 Å². The lowest BCUT2D eigenvalue weighted by Gasteiger charge is -2.32. The summed E-state index contributed by atoms with van der Waals surface area (Å²) in [5.74, 6) is 0.497. The molecule has 0 bridgehead atoms. The van der Waals surface area contributed by atoms with Gasteiger partial charge in [0.25, 0.3) is 5.91 Å². The standard InChI is InChI=1S/C24H29FN2O4/c1-4-22(17-5-7-18(25)8-6-17)26-24(29)21-15-20(30-3)9-10-23(21)31-19-11-13-27(14-12-19)16(2)28/h5-10,15,19,22H,4,11-14H2,1-3H3,(H,26,29)/t22-/m0/s1. The molecule has 0 aliphatic carbocycles. The number of rotatable bonds is 7. The number of methoxy groups -OCH3 is 1. The SMILES string of the molecule is CC[C@H](NC(=O)c1cc(OC)ccc1OC1CCN(C(C)=O)CC1)c1ccc(F)cc1. The van der Waals surface area contributed by atoms with Crippen LogP contribution in [0, 0.1) is 5.82 Å². The van der Waals surface area contributed by atoms with Crippen molar-refractivity contribution in [3.63, 3.8) is 0 Å². The highest BCUT2D eigenvalue weighted by Crippen LogP contribution is 2.28. The number of nitrogens with one attached hydrogen (secondary N) is 1. The molecule has 31 heavy (non-hydrogen) atoms. The van der Waals surface area contributed by atoms with E-state index in [-0.39, 0.29) is 29.8 Å². The Hall–Kier alpha value is -3.09. The average molecular weight is 429 g/mol. The van der Waals surface area contributed by atoms with Crippen molar-refractivity contribution >= 4 is 11.8 Å². The van der Waals surface area contributed by atoms with Gasteiger partial charge in [0.15, 0.2) is 0 Å². The highest BCUT2D eigenvalue weighted by molar-refractivity contribution is 5.97. The van der Waals surface area contributed by atoms with Gasteiger partial charge in [0.05, 0.1) is 18.7 Å². The zero-order valence-electron chi connectivity index (χ0n) is 18.2. The van der Waals surface area contributed by atoms with E-state index in [2.05, 4.69) is 5.32 Å². The number of nitrogens with zero attached hydrogens (tertiary/aromatic N) is 1. The van der Waals surface area contributed by atoms with E-state index in [0.29, 0.717) is 49.4 Å². The first-order valence-corrected chi connectivity index (χ1v) is 10.6. The minimum absolute atomic E-state index is 0.0642. The molecular weight excluding hydrogens is 399 g/mol. The van der Waals surface area contributed by atoms with Gasteiger partial charge >= 0.3 is 0 Å². The summed E-state index contributed by atoms with van der Waals surface area (Å²) in [5.41, 5.74) is 1.22. The summed E-state index contributed by atoms with van der Waals surface area (Å²) in [6, 6.07) is 11.0. The Balaban J connectivity index is 1.76. The van der Waals surface area contributed by atoms with Crippen LogP contribution in [0.5, 0.6) is 11.5 Å². The van der Waals surface area contributed by atoms with Gasteiger partial charge in [-0.2, -0.15) is 0 Å². The van der Waals surface area contributed by atoms with Crippen molar-refractivity contribution in [1.82, 2.24) is 10.2 Å². The Morgan fingerprint density at radius 2 is 1.84 bits per heavy atom. The van der Waals surface area contributed by atoms with E-state index in [0.717, 1.165) is 5.56 Å². The summed E-state index contributed by atoms with van der Waals surface area (Å²) in [4.78, 5) is 26.5. The highest BCUT2D eigenvalue weighted by Gasteiger charge is 2.25. The van der Waals surface area contributed by atoms with Gasteiger partial charge in [-0.25, -0.2) is 4.39 Å². The lowest BCUT2D eigenvalue weighted by molar-refractivity contribution is -0.130. The molecule has 1 heterocycles. The van der Waals surface area contributed by atoms with Crippen LogP contribution in [0.3, 0.4) is 0 Å². The molecule has 0 spiro atoms. The molecular formula is C24H29FN2O4. The second kappa shape index (κ2) is 10.3. The van der Waals surface area contributed by atoms with Crippen molar-refractivity contribution in [3.8, 4) is 11.5 Å². The van der Waals surface area contributed by atoms with Gasteiger partial charge in [-0.15, -0.1) is 0 Å². The van der Waals surface area contributed by atoms with Crippen LogP contribution < -0.4 is 14.8 Å². The third-order valence-corrected chi connectivity index (χ3v) is 5.60. The molecule has 0 saturated carbocycles. The molecule has 2 aromatic rings. The predicted octanol–water partition coefficient (Wildman–Crippen LogP) is 4.11. The lowest BCUT2D eigenvalue weighted by atomic mass is 10.0. The molecule has 3 rings (SSSR count). The van der Waals surface area contributed by atoms with Crippen LogP contribution in [0.15, 0.2) is 42.5 Å². The average Bonchev–Trinajstić information content (AvgIpc) is 2.78. The largest absolute Gasteiger partial charge is 0.497 e. The molecule has 2 amide bonds. The first-order chi connectivity index (χ1) is 14.9. The van der Waals surface area contributed by atoms with E-state index in [9.17, 15) is 14.0 Å². The number of ether oxygens (including phenoxy) is 2. The highest BCUT2D eigenvalue weighted by atomic mass is 19.1. The molecule has 1 aliphatic rings. The zero-order chi connectivity index (χ0) is 22.4. The minimum atomic E-state index is -0.316. The van der Waals surface area contributed by atoms with E-state index in [1.165, 1.54) is 12.1 Å². The Morgan fingerprint density at radius 3 is 2.42 bits per heavy atom. The van der Waals surface area contributed by atoms with Gasteiger partial charge in [0.2, 0.25) is 5.91 Å². The number of carbonyl (C=O) groups is 2. The van der Waals surface area contributed by atoms with Crippen molar-refractivity contribution in [1.29, 1.82) is 0 Å². The number of hydrogen-bond acceptors (Lipinski definition) is 4. The Labute approximate surface area is 182 Å². The van der Waals surface area contributed by atoms with Gasteiger partial charge < -0.3 is 19.7 Å². The Bertz CT molecular complexity index is 908. The second-order valence-corrected chi connectivity index (χ2v) is 7.67. The zero-order valence-corrected chi connectivity index (χ0v) is 18.2. The quantitative estimate of drug-likeness (QED) is 0.721. The van der Waals surface area contributed by atoms with E-state index < -0.39 is 0 Å². The fourth-order valence-electron chi connectivity index (χ4n) is 3.74. The molecule has 1 aliphatic heterocycles. The molecule has 1 fully saturated rings. The summed E-state index contributed by atoms with van der Waals surface area (Å²) in [5, 5.41) is 3.02. The number of carbonyl (C=O) groups excluding carboxylic acids is 2. The van der Waals surface area contributed by atoms with E-state index >= 15 is 0 Å². The summed E-state index contributed by atoms with van der Waals surface area (Å²) >= 11 is 0. The Morgan fingerprint density at radius 1 is 1.16 bits per heavy atom. The van der Waals surface area contributed by atoms with E-state index in [4.69, 9.17) is 9.47 Å². The molecule has 1 N–H and O–H groups in total. The Kier molecular flexibility index (Phi) is 7.50. The van der Waals surface area contributed by atoms with Crippen molar-refractivity contribution in [2.75, 3.05) is 20.2 Å². The second-order valence-electron chi connectivity index (χ2n) is 7.67. The predicted molar refractivity (Wildman–Crippen MR) is 116 cm³/mol. The van der Waals surface area contributed by atoms with Crippen LogP contribution in [0.2, 0.25) is 0 Å². The van der Waals surface area contributed by atoms with E-state index in [1.807, 2.05) is 6.92 Å². The van der Waals surface area contributed by atoms with Gasteiger partial charge in [-0.05, 0) is 42.3 Å². The fraction of sp³-hybridized carbons (Fsp3) is 0.417. The number of hydrogen-bond donors (Lipinski definition) is 1. The molecule has 0 unspecified atom stereocenters. The molecule has 6 nitrogen and oxygen atoms in total. The topological polar surface area (TPSA) is 67.9 Å². The number of piperidine rings is 1. The van der Waals surface area contributed by atoms with Gasteiger partial charge in [-0.3, -0.25) is 9.59 Å². The third kappa shape index (κ3) is 5.75. The molecule has 0 radical (unpaired) electrons. The summed E-state index contributed by atoms with van der Waals surface area (Å²) in [6.07, 6.45) is 2.00. The van der Waals surface area contributed by atoms with Crippen LogP contribution in [0.4, 0.5) is 4.39 Å².